The molecule has 1 aliphatic heterocycles. The van der Waals surface area contributed by atoms with Crippen molar-refractivity contribution in [2.24, 2.45) is 0 Å². The Hall–Kier alpha value is -4.17. The molecule has 34 heavy (non-hydrogen) atoms. The van der Waals surface area contributed by atoms with Gasteiger partial charge in [-0.05, 0) is 41.5 Å². The quantitative estimate of drug-likeness (QED) is 0.507. The zero-order chi connectivity index (χ0) is 24.4. The standard InChI is InChI=1S/C25H20ClN3O5/c1-14(30)27-18-11-12-20-19(13-18)24(32)29(22(25(33)34)15-5-3-2-4-6-15)21(23(31)28-20)16-7-9-17(26)10-8-16/h2-13,21-22H,1H3,(H,27,30)(H,28,31)(H,33,34). The lowest BCUT2D eigenvalue weighted by molar-refractivity contribution is -0.144. The van der Waals surface area contributed by atoms with Gasteiger partial charge in [0, 0.05) is 17.6 Å². The smallest absolute Gasteiger partial charge is 0.331 e. The molecule has 1 heterocycles. The topological polar surface area (TPSA) is 116 Å². The number of hydrogen-bond donors (Lipinski definition) is 3. The Morgan fingerprint density at radius 1 is 1.03 bits per heavy atom. The van der Waals surface area contributed by atoms with Gasteiger partial charge in [-0.15, -0.1) is 0 Å². The molecule has 3 amide bonds. The minimum absolute atomic E-state index is 0.0539. The summed E-state index contributed by atoms with van der Waals surface area (Å²) in [6, 6.07) is 16.3. The van der Waals surface area contributed by atoms with Crippen molar-refractivity contribution in [3.05, 3.63) is 94.5 Å². The third-order valence-corrected chi connectivity index (χ3v) is 5.65. The Bertz CT molecular complexity index is 1280. The molecule has 2 atom stereocenters. The van der Waals surface area contributed by atoms with Crippen molar-refractivity contribution in [2.45, 2.75) is 19.0 Å². The SMILES string of the molecule is CC(=O)Nc1ccc2c(c1)C(=O)N(C(C(=O)O)c1ccccc1)C(c1ccc(Cl)cc1)C(=O)N2. The van der Waals surface area contributed by atoms with Crippen molar-refractivity contribution >= 4 is 46.7 Å². The number of amides is 3. The summed E-state index contributed by atoms with van der Waals surface area (Å²) < 4.78 is 0. The van der Waals surface area contributed by atoms with E-state index in [0.717, 1.165) is 4.90 Å². The molecule has 0 fully saturated rings. The number of benzene rings is 3. The lowest BCUT2D eigenvalue weighted by Crippen LogP contribution is -2.44. The number of aliphatic carboxylic acids is 1. The van der Waals surface area contributed by atoms with E-state index in [0.29, 0.717) is 21.8 Å². The van der Waals surface area contributed by atoms with E-state index < -0.39 is 29.9 Å². The van der Waals surface area contributed by atoms with E-state index in [-0.39, 0.29) is 17.2 Å². The fourth-order valence-corrected chi connectivity index (χ4v) is 4.10. The number of rotatable bonds is 5. The van der Waals surface area contributed by atoms with Crippen molar-refractivity contribution < 1.29 is 24.3 Å². The molecule has 1 aliphatic rings. The van der Waals surface area contributed by atoms with Gasteiger partial charge in [0.1, 0.15) is 6.04 Å². The van der Waals surface area contributed by atoms with Crippen LogP contribution in [0.2, 0.25) is 5.02 Å². The molecule has 0 saturated carbocycles. The fraction of sp³-hybridized carbons (Fsp3) is 0.120. The molecule has 0 spiro atoms. The van der Waals surface area contributed by atoms with Crippen molar-refractivity contribution in [1.29, 1.82) is 0 Å². The lowest BCUT2D eigenvalue weighted by atomic mass is 9.97. The Labute approximate surface area is 200 Å². The van der Waals surface area contributed by atoms with E-state index in [1.54, 1.807) is 60.7 Å². The van der Waals surface area contributed by atoms with Crippen LogP contribution in [0.5, 0.6) is 0 Å². The highest BCUT2D eigenvalue weighted by atomic mass is 35.5. The number of nitrogens with zero attached hydrogens (tertiary/aromatic N) is 1. The first-order chi connectivity index (χ1) is 16.3. The summed E-state index contributed by atoms with van der Waals surface area (Å²) >= 11 is 6.02. The second-order valence-corrected chi connectivity index (χ2v) is 8.19. The van der Waals surface area contributed by atoms with Crippen molar-refractivity contribution in [1.82, 2.24) is 4.90 Å². The number of nitrogens with one attached hydrogen (secondary N) is 2. The van der Waals surface area contributed by atoms with Gasteiger partial charge in [0.05, 0.1) is 11.3 Å². The molecule has 0 bridgehead atoms. The van der Waals surface area contributed by atoms with Crippen LogP contribution in [0, 0.1) is 0 Å². The average molecular weight is 478 g/mol. The summed E-state index contributed by atoms with van der Waals surface area (Å²) in [5.41, 5.74) is 1.33. The van der Waals surface area contributed by atoms with E-state index in [2.05, 4.69) is 10.6 Å². The summed E-state index contributed by atoms with van der Waals surface area (Å²) in [4.78, 5) is 52.5. The molecule has 172 valence electrons. The van der Waals surface area contributed by atoms with Crippen LogP contribution in [0.15, 0.2) is 72.8 Å². The molecular formula is C25H20ClN3O5. The molecule has 0 saturated heterocycles. The lowest BCUT2D eigenvalue weighted by Gasteiger charge is -2.34. The van der Waals surface area contributed by atoms with Gasteiger partial charge in [0.2, 0.25) is 5.91 Å². The van der Waals surface area contributed by atoms with E-state index in [4.69, 9.17) is 11.6 Å². The number of carboxylic acid groups (broad SMARTS) is 1. The number of fused-ring (bicyclic) bond motifs is 1. The molecule has 3 N–H and O–H groups in total. The number of carbonyl (C=O) groups excluding carboxylic acids is 3. The van der Waals surface area contributed by atoms with Gasteiger partial charge < -0.3 is 20.6 Å². The minimum atomic E-state index is -1.46. The maximum atomic E-state index is 13.9. The van der Waals surface area contributed by atoms with Gasteiger partial charge in [-0.25, -0.2) is 4.79 Å². The number of hydrogen-bond acceptors (Lipinski definition) is 4. The summed E-state index contributed by atoms with van der Waals surface area (Å²) in [5.74, 6) is -2.90. The third-order valence-electron chi connectivity index (χ3n) is 5.40. The van der Waals surface area contributed by atoms with E-state index in [9.17, 15) is 24.3 Å². The molecular weight excluding hydrogens is 458 g/mol. The first kappa shape index (κ1) is 23.0. The van der Waals surface area contributed by atoms with Crippen LogP contribution in [0.25, 0.3) is 0 Å². The van der Waals surface area contributed by atoms with Gasteiger partial charge in [-0.3, -0.25) is 14.4 Å². The maximum Gasteiger partial charge on any atom is 0.331 e. The molecule has 0 aliphatic carbocycles. The summed E-state index contributed by atoms with van der Waals surface area (Å²) in [5, 5.41) is 16.0. The zero-order valence-corrected chi connectivity index (χ0v) is 18.7. The zero-order valence-electron chi connectivity index (χ0n) is 18.0. The number of carboxylic acids is 1. The third kappa shape index (κ3) is 4.49. The van der Waals surface area contributed by atoms with Crippen LogP contribution in [-0.4, -0.2) is 33.7 Å². The second-order valence-electron chi connectivity index (χ2n) is 7.75. The molecule has 2 unspecified atom stereocenters. The van der Waals surface area contributed by atoms with Crippen LogP contribution >= 0.6 is 11.6 Å². The van der Waals surface area contributed by atoms with Gasteiger partial charge in [-0.2, -0.15) is 0 Å². The Morgan fingerprint density at radius 3 is 2.32 bits per heavy atom. The molecule has 9 heteroatoms. The monoisotopic (exact) mass is 477 g/mol. The van der Waals surface area contributed by atoms with Crippen LogP contribution < -0.4 is 10.6 Å². The Kier molecular flexibility index (Phi) is 6.34. The molecule has 4 rings (SSSR count). The number of carbonyl (C=O) groups is 4. The molecule has 8 nitrogen and oxygen atoms in total. The van der Waals surface area contributed by atoms with Gasteiger partial charge >= 0.3 is 5.97 Å². The second kappa shape index (κ2) is 9.36. The van der Waals surface area contributed by atoms with Crippen molar-refractivity contribution in [3.8, 4) is 0 Å². The van der Waals surface area contributed by atoms with Gasteiger partial charge in [0.15, 0.2) is 6.04 Å². The van der Waals surface area contributed by atoms with Crippen LogP contribution in [0.1, 0.15) is 40.5 Å². The van der Waals surface area contributed by atoms with Crippen LogP contribution in [-0.2, 0) is 14.4 Å². The predicted octanol–water partition coefficient (Wildman–Crippen LogP) is 4.26. The first-order valence-electron chi connectivity index (χ1n) is 10.3. The van der Waals surface area contributed by atoms with E-state index >= 15 is 0 Å². The average Bonchev–Trinajstić information content (AvgIpc) is 2.89. The van der Waals surface area contributed by atoms with Crippen molar-refractivity contribution in [2.75, 3.05) is 10.6 Å². The number of halogens is 1. The molecule has 0 aromatic heterocycles. The summed E-state index contributed by atoms with van der Waals surface area (Å²) in [7, 11) is 0. The molecule has 3 aromatic carbocycles. The molecule has 0 radical (unpaired) electrons. The minimum Gasteiger partial charge on any atom is -0.479 e. The predicted molar refractivity (Wildman–Crippen MR) is 127 cm³/mol. The van der Waals surface area contributed by atoms with E-state index in [1.165, 1.54) is 19.1 Å². The fourth-order valence-electron chi connectivity index (χ4n) is 3.98. The summed E-state index contributed by atoms with van der Waals surface area (Å²) in [6.45, 7) is 1.33. The summed E-state index contributed by atoms with van der Waals surface area (Å²) in [6.07, 6.45) is 0. The highest BCUT2D eigenvalue weighted by molar-refractivity contribution is 6.30. The van der Waals surface area contributed by atoms with Gasteiger partial charge in [-0.1, -0.05) is 54.1 Å². The highest BCUT2D eigenvalue weighted by Crippen LogP contribution is 2.38. The Balaban J connectivity index is 1.93. The maximum absolute atomic E-state index is 13.9. The van der Waals surface area contributed by atoms with E-state index in [1.807, 2.05) is 0 Å². The number of anilines is 2. The Morgan fingerprint density at radius 2 is 1.71 bits per heavy atom. The van der Waals surface area contributed by atoms with Crippen LogP contribution in [0.4, 0.5) is 11.4 Å². The molecule has 3 aromatic rings. The van der Waals surface area contributed by atoms with Crippen LogP contribution in [0.3, 0.4) is 0 Å². The van der Waals surface area contributed by atoms with Crippen molar-refractivity contribution in [3.63, 3.8) is 0 Å². The largest absolute Gasteiger partial charge is 0.479 e. The normalized spacial score (nSPS) is 16.2. The van der Waals surface area contributed by atoms with Gasteiger partial charge in [0.25, 0.3) is 11.8 Å². The first-order valence-corrected chi connectivity index (χ1v) is 10.7. The highest BCUT2D eigenvalue weighted by Gasteiger charge is 2.43.